The number of aliphatic imine (C=N–C) groups is 2. The van der Waals surface area contributed by atoms with E-state index in [4.69, 9.17) is 9.73 Å². The Morgan fingerprint density at radius 3 is 2.67 bits per heavy atom. The number of hydrogen-bond donors (Lipinski definition) is 0. The average Bonchev–Trinajstić information content (AvgIpc) is 3.44. The Kier molecular flexibility index (Phi) is 8.64. The quantitative estimate of drug-likeness (QED) is 0.313. The smallest absolute Gasteiger partial charge is 0.246 e. The Balaban J connectivity index is 1.49. The first-order chi connectivity index (χ1) is 22.0. The normalized spacial score (nSPS) is 25.7. The standard InChI is InChI=1S/C35H40F2N6O3/c1-7-29(45)40-17-22(5)41(18-21(40)4)42-19-27(44)35-39-31-23(6)25-13-12-24(20(2)3)30(31)33(25)46-15-11-9-8-10-14-38-34(37)32-26(36)16-28(42)43(32)35/h7-8,10,12-14,16,20-22,28H,1,9,11,15,17-19H2,2-6H3/t21-,22+,28?/m1/s1. The van der Waals surface area contributed by atoms with E-state index < -0.39 is 29.4 Å². The van der Waals surface area contributed by atoms with E-state index in [0.29, 0.717) is 31.8 Å². The molecule has 2 saturated heterocycles. The maximum atomic E-state index is 15.9. The summed E-state index contributed by atoms with van der Waals surface area (Å²) in [7, 11) is 0. The van der Waals surface area contributed by atoms with Crippen molar-refractivity contribution in [3.05, 3.63) is 77.2 Å². The van der Waals surface area contributed by atoms with Crippen LogP contribution in [-0.4, -0.2) is 88.0 Å². The molecule has 5 aliphatic rings. The maximum Gasteiger partial charge on any atom is 0.246 e. The number of rotatable bonds is 3. The van der Waals surface area contributed by atoms with Gasteiger partial charge < -0.3 is 9.64 Å². The number of piperazine rings is 1. The number of hydrazine groups is 1. The number of ether oxygens (including phenoxy) is 1. The first-order valence-electron chi connectivity index (χ1n) is 15.9. The molecule has 4 heterocycles. The van der Waals surface area contributed by atoms with Crippen LogP contribution in [0.15, 0.2) is 70.5 Å². The van der Waals surface area contributed by atoms with Crippen molar-refractivity contribution in [2.45, 2.75) is 71.6 Å². The molecule has 1 aromatic carbocycles. The second-order valence-electron chi connectivity index (χ2n) is 12.6. The minimum absolute atomic E-state index is 0.0632. The summed E-state index contributed by atoms with van der Waals surface area (Å²) in [4.78, 5) is 38.6. The van der Waals surface area contributed by atoms with Crippen LogP contribution in [0.2, 0.25) is 0 Å². The van der Waals surface area contributed by atoms with Gasteiger partial charge in [0.1, 0.15) is 17.6 Å². The van der Waals surface area contributed by atoms with Crippen molar-refractivity contribution in [1.82, 2.24) is 19.8 Å². The van der Waals surface area contributed by atoms with E-state index in [9.17, 15) is 9.59 Å². The Bertz CT molecular complexity index is 1670. The zero-order valence-corrected chi connectivity index (χ0v) is 27.0. The summed E-state index contributed by atoms with van der Waals surface area (Å²) in [5.41, 5.74) is 3.69. The summed E-state index contributed by atoms with van der Waals surface area (Å²) < 4.78 is 38.2. The molecule has 0 radical (unpaired) electrons. The Morgan fingerprint density at radius 1 is 1.15 bits per heavy atom. The van der Waals surface area contributed by atoms with Gasteiger partial charge in [0.05, 0.1) is 18.8 Å². The number of carbonyl (C=O) groups is 2. The third-order valence-electron chi connectivity index (χ3n) is 9.25. The van der Waals surface area contributed by atoms with Crippen LogP contribution >= 0.6 is 0 Å². The molecule has 0 N–H and O–H groups in total. The second kappa shape index (κ2) is 12.5. The molecule has 4 bridgehead atoms. The van der Waals surface area contributed by atoms with Crippen LogP contribution in [0.3, 0.4) is 0 Å². The van der Waals surface area contributed by atoms with Gasteiger partial charge in [-0.2, -0.15) is 4.39 Å². The molecule has 11 heteroatoms. The van der Waals surface area contributed by atoms with Gasteiger partial charge in [-0.1, -0.05) is 38.6 Å². The SMILES string of the molecule is C=CC(=O)N1C[C@H](C)N(N2CC(=O)C3=NC4=C(C)c5ccc(C(C)C)c4c5OCCCC=CC=NC(F)=C4C(F)=CC2N34)C[C@H]1C. The predicted octanol–water partition coefficient (Wildman–Crippen LogP) is 5.75. The van der Waals surface area contributed by atoms with Gasteiger partial charge in [0.15, 0.2) is 11.7 Å². The van der Waals surface area contributed by atoms with E-state index in [0.717, 1.165) is 34.4 Å². The number of benzene rings is 1. The number of carbonyl (C=O) groups excluding carboxylic acids is 2. The summed E-state index contributed by atoms with van der Waals surface area (Å²) in [5, 5.41) is 3.72. The molecule has 9 nitrogen and oxygen atoms in total. The van der Waals surface area contributed by atoms with Crippen LogP contribution in [-0.2, 0) is 9.59 Å². The summed E-state index contributed by atoms with van der Waals surface area (Å²) in [6, 6.07) is 3.66. The molecule has 2 fully saturated rings. The number of halogens is 2. The molecule has 46 heavy (non-hydrogen) atoms. The van der Waals surface area contributed by atoms with Crippen LogP contribution in [0.4, 0.5) is 8.78 Å². The first-order valence-corrected chi connectivity index (χ1v) is 15.9. The van der Waals surface area contributed by atoms with Crippen molar-refractivity contribution in [1.29, 1.82) is 0 Å². The van der Waals surface area contributed by atoms with E-state index in [-0.39, 0.29) is 36.3 Å². The molecule has 1 amide bonds. The van der Waals surface area contributed by atoms with Crippen LogP contribution < -0.4 is 4.74 Å². The van der Waals surface area contributed by atoms with Gasteiger partial charge in [0.2, 0.25) is 17.6 Å². The maximum absolute atomic E-state index is 15.9. The number of allylic oxidation sites excluding steroid dienone is 4. The first kappa shape index (κ1) is 31.7. The molecular weight excluding hydrogens is 590 g/mol. The van der Waals surface area contributed by atoms with Crippen LogP contribution in [0.5, 0.6) is 5.75 Å². The Morgan fingerprint density at radius 2 is 1.93 bits per heavy atom. The fourth-order valence-electron chi connectivity index (χ4n) is 6.91. The number of amides is 1. The molecule has 3 atom stereocenters. The molecule has 1 unspecified atom stereocenters. The zero-order valence-electron chi connectivity index (χ0n) is 27.0. The molecule has 0 saturated carbocycles. The second-order valence-corrected chi connectivity index (χ2v) is 12.6. The molecule has 4 aliphatic heterocycles. The lowest BCUT2D eigenvalue weighted by molar-refractivity contribution is -0.160. The Hall–Kier alpha value is -4.22. The van der Waals surface area contributed by atoms with Crippen molar-refractivity contribution in [2.24, 2.45) is 9.98 Å². The summed E-state index contributed by atoms with van der Waals surface area (Å²) in [6.45, 7) is 14.7. The molecule has 6 rings (SSSR count). The third-order valence-corrected chi connectivity index (χ3v) is 9.25. The summed E-state index contributed by atoms with van der Waals surface area (Å²) in [5.74, 6) is -1.66. The molecule has 0 spiro atoms. The van der Waals surface area contributed by atoms with E-state index in [1.165, 1.54) is 23.3 Å². The van der Waals surface area contributed by atoms with Gasteiger partial charge in [-0.15, -0.1) is 0 Å². The number of hydrogen-bond acceptors (Lipinski definition) is 8. The molecular formula is C35H40F2N6O3. The summed E-state index contributed by atoms with van der Waals surface area (Å²) in [6.07, 6.45) is 7.89. The monoisotopic (exact) mass is 630 g/mol. The van der Waals surface area contributed by atoms with Crippen molar-refractivity contribution >= 4 is 35.0 Å². The molecule has 1 aliphatic carbocycles. The molecule has 0 aromatic heterocycles. The summed E-state index contributed by atoms with van der Waals surface area (Å²) >= 11 is 0. The van der Waals surface area contributed by atoms with Gasteiger partial charge in [-0.25, -0.2) is 24.4 Å². The topological polar surface area (TPSA) is 81.0 Å². The highest BCUT2D eigenvalue weighted by Crippen LogP contribution is 2.49. The highest BCUT2D eigenvalue weighted by molar-refractivity contribution is 6.41. The van der Waals surface area contributed by atoms with E-state index in [2.05, 4.69) is 31.5 Å². The third kappa shape index (κ3) is 5.35. The lowest BCUT2D eigenvalue weighted by atomic mass is 9.96. The predicted molar refractivity (Wildman–Crippen MR) is 175 cm³/mol. The van der Waals surface area contributed by atoms with Gasteiger partial charge in [-0.3, -0.25) is 14.5 Å². The van der Waals surface area contributed by atoms with E-state index >= 15 is 8.78 Å². The number of amidine groups is 1. The lowest BCUT2D eigenvalue weighted by Crippen LogP contribution is -2.69. The van der Waals surface area contributed by atoms with Crippen molar-refractivity contribution in [3.63, 3.8) is 0 Å². The van der Waals surface area contributed by atoms with Crippen LogP contribution in [0.1, 0.15) is 70.1 Å². The van der Waals surface area contributed by atoms with Crippen LogP contribution in [0, 0.1) is 0 Å². The number of Topliss-reactive ketones (excluding diaryl/α,β-unsaturated/α-hetero) is 1. The lowest BCUT2D eigenvalue weighted by Gasteiger charge is -2.52. The van der Waals surface area contributed by atoms with Crippen molar-refractivity contribution in [3.8, 4) is 5.75 Å². The van der Waals surface area contributed by atoms with Crippen molar-refractivity contribution < 1.29 is 23.1 Å². The Labute approximate surface area is 268 Å². The molecule has 242 valence electrons. The van der Waals surface area contributed by atoms with Crippen LogP contribution in [0.25, 0.3) is 11.3 Å². The van der Waals surface area contributed by atoms with Gasteiger partial charge in [0.25, 0.3) is 0 Å². The average molecular weight is 631 g/mol. The highest BCUT2D eigenvalue weighted by atomic mass is 19.1. The van der Waals surface area contributed by atoms with Gasteiger partial charge in [-0.05, 0) is 68.9 Å². The number of nitrogens with zero attached hydrogens (tertiary/aromatic N) is 6. The fourth-order valence-corrected chi connectivity index (χ4v) is 6.91. The molecule has 1 aromatic rings. The van der Waals surface area contributed by atoms with Crippen molar-refractivity contribution in [2.75, 3.05) is 26.2 Å². The van der Waals surface area contributed by atoms with E-state index in [1.807, 2.05) is 37.9 Å². The van der Waals surface area contributed by atoms with Gasteiger partial charge in [0, 0.05) is 42.5 Å². The fraction of sp³-hybridized carbons (Fsp3) is 0.429. The minimum atomic E-state index is -1.05. The largest absolute Gasteiger partial charge is 0.492 e. The zero-order chi connectivity index (χ0) is 32.9. The number of ketones is 1. The highest BCUT2D eigenvalue weighted by Gasteiger charge is 2.49. The van der Waals surface area contributed by atoms with E-state index in [1.54, 1.807) is 16.0 Å². The minimum Gasteiger partial charge on any atom is -0.492 e. The van der Waals surface area contributed by atoms with Gasteiger partial charge >= 0.3 is 0 Å².